The Morgan fingerprint density at radius 3 is 1.54 bits per heavy atom. The van der Waals surface area contributed by atoms with E-state index >= 15 is 0 Å². The van der Waals surface area contributed by atoms with Gasteiger partial charge in [0.05, 0.1) is 11.1 Å². The molecular weight excluding hydrogens is 324 g/mol. The van der Waals surface area contributed by atoms with E-state index in [4.69, 9.17) is 0 Å². The van der Waals surface area contributed by atoms with Crippen molar-refractivity contribution in [1.29, 1.82) is 0 Å². The lowest BCUT2D eigenvalue weighted by Crippen LogP contribution is -2.38. The predicted octanol–water partition coefficient (Wildman–Crippen LogP) is 0.138. The van der Waals surface area contributed by atoms with E-state index in [9.17, 15) is 39.6 Å². The Morgan fingerprint density at radius 2 is 1.21 bits per heavy atom. The lowest BCUT2D eigenvalue weighted by molar-refractivity contribution is -0.138. The van der Waals surface area contributed by atoms with Gasteiger partial charge in [-0.3, -0.25) is 9.88 Å². The third kappa shape index (κ3) is 2.79. The normalized spacial score (nSPS) is 14.6. The first-order valence-corrected chi connectivity index (χ1v) is 6.35. The van der Waals surface area contributed by atoms with Gasteiger partial charge in [-0.1, -0.05) is 0 Å². The molecule has 0 aromatic carbocycles. The lowest BCUT2D eigenvalue weighted by Gasteiger charge is -2.31. The average molecular weight is 334 g/mol. The van der Waals surface area contributed by atoms with Crippen molar-refractivity contribution < 1.29 is 39.6 Å². The molecule has 0 spiro atoms. The predicted molar refractivity (Wildman–Crippen MR) is 75.9 cm³/mol. The highest BCUT2D eigenvalue weighted by atomic mass is 16.4. The fraction of sp³-hybridized carbons (Fsp3) is 0.0714. The van der Waals surface area contributed by atoms with Crippen LogP contribution in [0.25, 0.3) is 0 Å². The van der Waals surface area contributed by atoms with Gasteiger partial charge in [0, 0.05) is 24.5 Å². The summed E-state index contributed by atoms with van der Waals surface area (Å²) >= 11 is 0. The van der Waals surface area contributed by atoms with Crippen LogP contribution in [0.2, 0.25) is 0 Å². The summed E-state index contributed by atoms with van der Waals surface area (Å²) in [5.41, 5.74) is -3.19. The Morgan fingerprint density at radius 1 is 0.792 bits per heavy atom. The van der Waals surface area contributed by atoms with Gasteiger partial charge in [0.2, 0.25) is 0 Å². The third-order valence-electron chi connectivity index (χ3n) is 3.21. The monoisotopic (exact) mass is 334 g/mol. The number of hydrogen-bond donors (Lipinski definition) is 4. The summed E-state index contributed by atoms with van der Waals surface area (Å²) in [6.07, 6.45) is 1.61. The fourth-order valence-electron chi connectivity index (χ4n) is 2.28. The fourth-order valence-corrected chi connectivity index (χ4v) is 2.28. The number of pyridine rings is 1. The first-order valence-electron chi connectivity index (χ1n) is 6.35. The smallest absolute Gasteiger partial charge is 0.353 e. The molecule has 24 heavy (non-hydrogen) atoms. The molecule has 0 atom stereocenters. The second-order valence-corrected chi connectivity index (χ2v) is 4.59. The van der Waals surface area contributed by atoms with Gasteiger partial charge in [-0.25, -0.2) is 19.2 Å². The Labute approximate surface area is 133 Å². The maximum Gasteiger partial charge on any atom is 0.353 e. The summed E-state index contributed by atoms with van der Waals surface area (Å²) in [7, 11) is 0. The van der Waals surface area contributed by atoms with Crippen molar-refractivity contribution in [3.05, 3.63) is 47.1 Å². The Bertz CT molecular complexity index is 761. The molecule has 0 amide bonds. The van der Waals surface area contributed by atoms with Gasteiger partial charge in [0.15, 0.2) is 0 Å². The Hall–Kier alpha value is -3.69. The van der Waals surface area contributed by atoms with Crippen LogP contribution in [-0.2, 0) is 19.2 Å². The number of carboxylic acids is 4. The van der Waals surface area contributed by atoms with Gasteiger partial charge in [-0.2, -0.15) is 0 Å². The number of aromatic nitrogens is 1. The summed E-state index contributed by atoms with van der Waals surface area (Å²) in [5.74, 6) is -6.72. The number of aliphatic carboxylic acids is 4. The Balaban J connectivity index is 2.86. The van der Waals surface area contributed by atoms with Crippen molar-refractivity contribution in [3.8, 4) is 0 Å². The van der Waals surface area contributed by atoms with Crippen molar-refractivity contribution in [2.24, 2.45) is 0 Å². The summed E-state index contributed by atoms with van der Waals surface area (Å²) < 4.78 is 0. The molecule has 0 radical (unpaired) electrons. The van der Waals surface area contributed by atoms with Crippen LogP contribution in [0, 0.1) is 0 Å². The zero-order chi connectivity index (χ0) is 18.0. The molecule has 124 valence electrons. The van der Waals surface area contributed by atoms with Gasteiger partial charge in [-0.15, -0.1) is 0 Å². The minimum Gasteiger partial charge on any atom is -0.478 e. The molecule has 2 rings (SSSR count). The van der Waals surface area contributed by atoms with Crippen molar-refractivity contribution >= 4 is 29.6 Å². The molecule has 0 saturated heterocycles. The van der Waals surface area contributed by atoms with Crippen LogP contribution < -0.4 is 4.90 Å². The van der Waals surface area contributed by atoms with Crippen molar-refractivity contribution in [1.82, 2.24) is 4.98 Å². The molecule has 1 aromatic heterocycles. The number of anilines is 1. The topological polar surface area (TPSA) is 165 Å². The summed E-state index contributed by atoms with van der Waals surface area (Å²) in [5, 5.41) is 37.2. The van der Waals surface area contributed by atoms with E-state index < -0.39 is 52.8 Å². The second kappa shape index (κ2) is 6.20. The highest BCUT2D eigenvalue weighted by molar-refractivity contribution is 6.11. The molecule has 4 N–H and O–H groups in total. The van der Waals surface area contributed by atoms with Crippen LogP contribution in [0.1, 0.15) is 6.42 Å². The zero-order valence-electron chi connectivity index (χ0n) is 11.8. The molecule has 1 aliphatic heterocycles. The van der Waals surface area contributed by atoms with Gasteiger partial charge in [-0.05, 0) is 12.1 Å². The van der Waals surface area contributed by atoms with Crippen molar-refractivity contribution in [3.63, 3.8) is 0 Å². The SMILES string of the molecule is O=C(O)C1=C(C(=O)O)N(c2ccncc2)C(C(=O)O)=C(C(=O)O)C1. The molecule has 1 aromatic rings. The van der Waals surface area contributed by atoms with Crippen LogP contribution in [0.15, 0.2) is 47.1 Å². The van der Waals surface area contributed by atoms with E-state index in [1.165, 1.54) is 24.5 Å². The lowest BCUT2D eigenvalue weighted by atomic mass is 9.94. The van der Waals surface area contributed by atoms with E-state index in [2.05, 4.69) is 4.98 Å². The van der Waals surface area contributed by atoms with Gasteiger partial charge >= 0.3 is 23.9 Å². The zero-order valence-corrected chi connectivity index (χ0v) is 11.8. The van der Waals surface area contributed by atoms with E-state index in [0.29, 0.717) is 4.90 Å². The van der Waals surface area contributed by atoms with Crippen LogP contribution >= 0.6 is 0 Å². The van der Waals surface area contributed by atoms with Crippen LogP contribution in [0.3, 0.4) is 0 Å². The average Bonchev–Trinajstić information content (AvgIpc) is 2.52. The molecule has 0 unspecified atom stereocenters. The van der Waals surface area contributed by atoms with Crippen molar-refractivity contribution in [2.45, 2.75) is 6.42 Å². The van der Waals surface area contributed by atoms with E-state index in [-0.39, 0.29) is 5.69 Å². The van der Waals surface area contributed by atoms with Crippen LogP contribution in [0.5, 0.6) is 0 Å². The molecule has 1 aliphatic rings. The summed E-state index contributed by atoms with van der Waals surface area (Å²) in [4.78, 5) is 50.1. The van der Waals surface area contributed by atoms with Crippen molar-refractivity contribution in [2.75, 3.05) is 4.90 Å². The molecule has 0 fully saturated rings. The minimum absolute atomic E-state index is 0.0444. The molecule has 10 heteroatoms. The highest BCUT2D eigenvalue weighted by Gasteiger charge is 2.40. The number of nitrogens with zero attached hydrogens (tertiary/aromatic N) is 2. The molecule has 0 bridgehead atoms. The third-order valence-corrected chi connectivity index (χ3v) is 3.21. The van der Waals surface area contributed by atoms with Gasteiger partial charge < -0.3 is 20.4 Å². The highest BCUT2D eigenvalue weighted by Crippen LogP contribution is 2.35. The largest absolute Gasteiger partial charge is 0.478 e. The number of carbonyl (C=O) groups is 4. The molecule has 0 saturated carbocycles. The summed E-state index contributed by atoms with van der Waals surface area (Å²) in [6, 6.07) is 2.46. The van der Waals surface area contributed by atoms with E-state index in [1.54, 1.807) is 0 Å². The quantitative estimate of drug-likeness (QED) is 0.581. The number of rotatable bonds is 5. The molecular formula is C14H10N2O8. The first kappa shape index (κ1) is 16.7. The van der Waals surface area contributed by atoms with Crippen LogP contribution in [-0.4, -0.2) is 49.3 Å². The molecule has 0 aliphatic carbocycles. The standard InChI is InChI=1S/C14H10N2O8/c17-11(18)7-5-8(12(19)20)10(14(23)24)16(9(7)13(21)22)6-1-3-15-4-2-6/h1-4H,5H2,(H,17,18)(H,19,20)(H,21,22)(H,23,24). The molecule has 10 nitrogen and oxygen atoms in total. The Kier molecular flexibility index (Phi) is 4.31. The van der Waals surface area contributed by atoms with E-state index in [0.717, 1.165) is 0 Å². The van der Waals surface area contributed by atoms with Gasteiger partial charge in [0.25, 0.3) is 0 Å². The second-order valence-electron chi connectivity index (χ2n) is 4.59. The van der Waals surface area contributed by atoms with E-state index in [1.807, 2.05) is 0 Å². The number of hydrogen-bond acceptors (Lipinski definition) is 6. The summed E-state index contributed by atoms with van der Waals surface area (Å²) in [6.45, 7) is 0. The maximum absolute atomic E-state index is 11.6. The molecule has 2 heterocycles. The minimum atomic E-state index is -1.70. The first-order chi connectivity index (χ1) is 11.3. The van der Waals surface area contributed by atoms with Gasteiger partial charge in [0.1, 0.15) is 11.4 Å². The van der Waals surface area contributed by atoms with Crippen LogP contribution in [0.4, 0.5) is 5.69 Å². The maximum atomic E-state index is 11.6. The number of carboxylic acid groups (broad SMARTS) is 4.